The number of imidazole rings is 1. The zero-order valence-corrected chi connectivity index (χ0v) is 25.8. The Bertz CT molecular complexity index is 964. The number of carboxylic acids is 1. The van der Waals surface area contributed by atoms with E-state index in [0.29, 0.717) is 11.6 Å². The minimum absolute atomic E-state index is 0. The van der Waals surface area contributed by atoms with Gasteiger partial charge in [-0.25, -0.2) is 0 Å². The van der Waals surface area contributed by atoms with E-state index in [1.807, 2.05) is 78.0 Å². The van der Waals surface area contributed by atoms with Gasteiger partial charge in [-0.3, -0.25) is 4.98 Å². The van der Waals surface area contributed by atoms with Crippen molar-refractivity contribution in [2.45, 2.75) is 44.6 Å². The number of hydrogen-bond acceptors (Lipinski definition) is 6. The number of hydrogen-bond donors (Lipinski definition) is 1. The number of aliphatic carboxylic acids is 1. The molecule has 1 aromatic heterocycles. The normalized spacial score (nSPS) is 12.1. The van der Waals surface area contributed by atoms with Crippen LogP contribution in [0.3, 0.4) is 0 Å². The van der Waals surface area contributed by atoms with Crippen molar-refractivity contribution in [1.82, 2.24) is 9.55 Å². The van der Waals surface area contributed by atoms with Crippen LogP contribution in [0.5, 0.6) is 0 Å². The van der Waals surface area contributed by atoms with Gasteiger partial charge in [-0.2, -0.15) is 0 Å². The predicted molar refractivity (Wildman–Crippen MR) is 115 cm³/mol. The molecule has 2 atom stereocenters. The second-order valence-corrected chi connectivity index (χ2v) is 7.30. The molecule has 31 heavy (non-hydrogen) atoms. The molecule has 3 aromatic rings. The molecule has 9 heteroatoms. The second kappa shape index (κ2) is 13.8. The Labute approximate surface area is 274 Å². The van der Waals surface area contributed by atoms with E-state index < -0.39 is 12.0 Å². The van der Waals surface area contributed by atoms with E-state index in [0.717, 1.165) is 22.6 Å². The first-order valence-electron chi connectivity index (χ1n) is 9.54. The molecule has 0 fully saturated rings. The van der Waals surface area contributed by atoms with Crippen LogP contribution in [0.1, 0.15) is 25.8 Å². The summed E-state index contributed by atoms with van der Waals surface area (Å²) in [5.41, 5.74) is 3.75. The Kier molecular flexibility index (Phi) is 13.0. The van der Waals surface area contributed by atoms with Crippen molar-refractivity contribution in [3.8, 4) is 5.69 Å². The minimum atomic E-state index is -1.11. The second-order valence-electron chi connectivity index (χ2n) is 6.93. The fourth-order valence-corrected chi connectivity index (χ4v) is 3.50. The molecule has 0 saturated heterocycles. The van der Waals surface area contributed by atoms with Gasteiger partial charge in [-0.05, 0) is 61.8 Å². The molecule has 0 aliphatic heterocycles. The maximum Gasteiger partial charge on any atom is 1.00 e. The van der Waals surface area contributed by atoms with E-state index in [1.165, 1.54) is 0 Å². The molecule has 0 bridgehead atoms. The van der Waals surface area contributed by atoms with Crippen LogP contribution in [-0.4, -0.2) is 27.7 Å². The molecule has 0 radical (unpaired) electrons. The van der Waals surface area contributed by atoms with Crippen LogP contribution in [0, 0.1) is 6.92 Å². The maximum absolute atomic E-state index is 11.7. The largest absolute Gasteiger partial charge is 1.00 e. The number of aryl methyl sites for hydroxylation is 1. The average molecular weight is 487 g/mol. The number of benzene rings is 2. The van der Waals surface area contributed by atoms with E-state index in [9.17, 15) is 9.90 Å². The quantitative estimate of drug-likeness (QED) is 0.207. The summed E-state index contributed by atoms with van der Waals surface area (Å²) in [7, 11) is 0. The molecule has 3 rings (SSSR count). The van der Waals surface area contributed by atoms with Crippen molar-refractivity contribution >= 4 is 30.0 Å². The van der Waals surface area contributed by atoms with E-state index >= 15 is 0 Å². The molecule has 0 amide bonds. The van der Waals surface area contributed by atoms with E-state index in [1.54, 1.807) is 13.1 Å². The Morgan fingerprint density at radius 1 is 1.16 bits per heavy atom. The van der Waals surface area contributed by atoms with Gasteiger partial charge in [-0.15, -0.1) is 0 Å². The number of carboxylic acid groups (broad SMARTS) is 1. The molecule has 0 spiro atoms. The zero-order chi connectivity index (χ0) is 21.0. The van der Waals surface area contributed by atoms with Crippen LogP contribution in [0.15, 0.2) is 66.1 Å². The summed E-state index contributed by atoms with van der Waals surface area (Å²) in [6.45, 7) is 5.67. The Morgan fingerprint density at radius 3 is 2.26 bits per heavy atom. The molecule has 1 heterocycles. The molecular weight excluding hydrogens is 463 g/mol. The number of aromatic nitrogens is 2. The number of rotatable bonds is 8. The summed E-state index contributed by atoms with van der Waals surface area (Å²) in [4.78, 5) is 17.6. The molecule has 0 saturated carbocycles. The molecular formula is C22H24K2N4O2S. The van der Waals surface area contributed by atoms with Gasteiger partial charge < -0.3 is 37.3 Å². The monoisotopic (exact) mass is 486 g/mol. The van der Waals surface area contributed by atoms with Gasteiger partial charge in [0.15, 0.2) is 0 Å². The Hall–Kier alpha value is 0.213. The van der Waals surface area contributed by atoms with Gasteiger partial charge in [0, 0.05) is 29.5 Å². The number of carbonyl (C=O) groups is 1. The SMILES string of the molecule is CCC(Nc1ccc(-n2ccnc2[S-])cc1)N(c1ccc(C)cc1)C(C)C(=O)[O-].[K+].[K+]. The van der Waals surface area contributed by atoms with Crippen LogP contribution in [0.4, 0.5) is 11.4 Å². The van der Waals surface area contributed by atoms with Gasteiger partial charge in [0.05, 0.1) is 18.2 Å². The van der Waals surface area contributed by atoms with Crippen molar-refractivity contribution in [2.24, 2.45) is 0 Å². The van der Waals surface area contributed by atoms with Gasteiger partial charge in [0.1, 0.15) is 0 Å². The molecule has 0 aliphatic carbocycles. The third-order valence-electron chi connectivity index (χ3n) is 4.90. The van der Waals surface area contributed by atoms with Gasteiger partial charge in [0.25, 0.3) is 0 Å². The third-order valence-corrected chi connectivity index (χ3v) is 5.20. The van der Waals surface area contributed by atoms with E-state index in [4.69, 9.17) is 12.6 Å². The summed E-state index contributed by atoms with van der Waals surface area (Å²) in [6, 6.07) is 14.8. The first-order chi connectivity index (χ1) is 13.9. The molecule has 152 valence electrons. The fraction of sp³-hybridized carbons (Fsp3) is 0.273. The first-order valence-corrected chi connectivity index (χ1v) is 9.94. The van der Waals surface area contributed by atoms with E-state index in [-0.39, 0.29) is 109 Å². The van der Waals surface area contributed by atoms with E-state index in [2.05, 4.69) is 10.3 Å². The molecule has 6 nitrogen and oxygen atoms in total. The van der Waals surface area contributed by atoms with Gasteiger partial charge in [-0.1, -0.05) is 24.6 Å². The fourth-order valence-electron chi connectivity index (χ4n) is 3.27. The Morgan fingerprint density at radius 2 is 1.77 bits per heavy atom. The summed E-state index contributed by atoms with van der Waals surface area (Å²) in [5.74, 6) is -1.11. The van der Waals surface area contributed by atoms with Gasteiger partial charge >= 0.3 is 103 Å². The molecule has 2 aromatic carbocycles. The summed E-state index contributed by atoms with van der Waals surface area (Å²) >= 11 is 5.21. The molecule has 2 unspecified atom stereocenters. The third kappa shape index (κ3) is 7.61. The first kappa shape index (κ1) is 29.2. The molecule has 0 aliphatic rings. The van der Waals surface area contributed by atoms with Crippen molar-refractivity contribution < 1.29 is 113 Å². The summed E-state index contributed by atoms with van der Waals surface area (Å²) < 4.78 is 1.83. The smallest absolute Gasteiger partial charge is 0.742 e. The number of nitrogens with zero attached hydrogens (tertiary/aromatic N) is 3. The topological polar surface area (TPSA) is 73.2 Å². The maximum atomic E-state index is 11.7. The number of anilines is 2. The Balaban J connectivity index is 0.00000240. The number of carbonyl (C=O) groups excluding carboxylic acids is 1. The standard InChI is InChI=1S/C22H26N4O2S.2K/c1-4-20(26(16(3)21(27)28)19-9-5-15(2)6-10-19)24-17-7-11-18(12-8-17)25-14-13-23-22(25)29;;/h5-14,16,20,24H,4H2,1-3H3,(H,23,29)(H,27,28);;/q;2*+1/p-2. The van der Waals surface area contributed by atoms with Crippen molar-refractivity contribution in [3.05, 3.63) is 66.5 Å². The van der Waals surface area contributed by atoms with Crippen LogP contribution < -0.4 is 118 Å². The average Bonchev–Trinajstić information content (AvgIpc) is 3.15. The van der Waals surface area contributed by atoms with Crippen LogP contribution in [0.2, 0.25) is 0 Å². The summed E-state index contributed by atoms with van der Waals surface area (Å²) in [6.07, 6.45) is 3.97. The van der Waals surface area contributed by atoms with Gasteiger partial charge in [0.2, 0.25) is 0 Å². The minimum Gasteiger partial charge on any atom is -0.742 e. The van der Waals surface area contributed by atoms with Crippen molar-refractivity contribution in [2.75, 3.05) is 10.2 Å². The zero-order valence-electron chi connectivity index (χ0n) is 18.7. The van der Waals surface area contributed by atoms with Crippen LogP contribution in [0.25, 0.3) is 5.69 Å². The number of nitrogens with one attached hydrogen (secondary N) is 1. The summed E-state index contributed by atoms with van der Waals surface area (Å²) in [5, 5.41) is 15.6. The van der Waals surface area contributed by atoms with Crippen LogP contribution in [-0.2, 0) is 17.4 Å². The van der Waals surface area contributed by atoms with Crippen molar-refractivity contribution in [3.63, 3.8) is 0 Å². The van der Waals surface area contributed by atoms with Crippen LogP contribution >= 0.6 is 0 Å². The predicted octanol–water partition coefficient (Wildman–Crippen LogP) is -3.11. The van der Waals surface area contributed by atoms with Crippen molar-refractivity contribution in [1.29, 1.82) is 0 Å². The molecule has 1 N–H and O–H groups in total.